The number of halogens is 1. The van der Waals surface area contributed by atoms with Crippen LogP contribution in [0, 0.1) is 25.1 Å². The molecule has 9 heteroatoms. The number of hydrogen-bond donors (Lipinski definition) is 2. The van der Waals surface area contributed by atoms with E-state index < -0.39 is 17.8 Å². The Morgan fingerprint density at radius 2 is 1.95 bits per heavy atom. The number of piperidine rings is 1. The number of furan rings is 1. The number of nitrogens with zero attached hydrogens (tertiary/aromatic N) is 3. The van der Waals surface area contributed by atoms with Crippen molar-refractivity contribution in [1.82, 2.24) is 14.3 Å². The van der Waals surface area contributed by atoms with Crippen molar-refractivity contribution in [2.45, 2.75) is 59.4 Å². The number of fused-ring (bicyclic) bond motifs is 2. The van der Waals surface area contributed by atoms with Gasteiger partial charge in [0.15, 0.2) is 11.5 Å². The summed E-state index contributed by atoms with van der Waals surface area (Å²) in [5.74, 6) is -0.137. The van der Waals surface area contributed by atoms with Gasteiger partial charge < -0.3 is 24.1 Å². The number of aryl methyl sites for hydroxylation is 2. The van der Waals surface area contributed by atoms with E-state index in [0.29, 0.717) is 47.7 Å². The Morgan fingerprint density at radius 3 is 2.65 bits per heavy atom. The highest BCUT2D eigenvalue weighted by molar-refractivity contribution is 6.12. The highest BCUT2D eigenvalue weighted by Crippen LogP contribution is 2.42. The zero-order valence-corrected chi connectivity index (χ0v) is 21.6. The molecule has 2 atom stereocenters. The Labute approximate surface area is 214 Å². The van der Waals surface area contributed by atoms with Crippen LogP contribution in [0.4, 0.5) is 14.9 Å². The van der Waals surface area contributed by atoms with Gasteiger partial charge in [0.1, 0.15) is 11.3 Å². The lowest BCUT2D eigenvalue weighted by molar-refractivity contribution is 0.0527. The minimum Gasteiger partial charge on any atom is -0.465 e. The molecule has 1 aromatic carbocycles. The first-order valence-electron chi connectivity index (χ1n) is 12.4. The van der Waals surface area contributed by atoms with Crippen molar-refractivity contribution in [1.29, 1.82) is 0 Å². The number of benzene rings is 1. The SMILES string of the molecule is Cc1cn2cc(NC(=O)c3ccc(C4CCN(C(=O)O)C(C(C)(C)C)C4)c4cc(C)oc34)cc(F)c2n1. The number of amides is 2. The van der Waals surface area contributed by atoms with E-state index in [4.69, 9.17) is 4.42 Å². The quantitative estimate of drug-likeness (QED) is 0.337. The molecule has 1 fully saturated rings. The van der Waals surface area contributed by atoms with E-state index in [1.54, 1.807) is 34.7 Å². The summed E-state index contributed by atoms with van der Waals surface area (Å²) in [4.78, 5) is 30.9. The summed E-state index contributed by atoms with van der Waals surface area (Å²) in [5.41, 5.74) is 2.84. The van der Waals surface area contributed by atoms with E-state index >= 15 is 0 Å². The fourth-order valence-electron chi connectivity index (χ4n) is 5.55. The zero-order valence-electron chi connectivity index (χ0n) is 21.6. The van der Waals surface area contributed by atoms with E-state index in [9.17, 15) is 19.1 Å². The molecule has 2 N–H and O–H groups in total. The van der Waals surface area contributed by atoms with Gasteiger partial charge in [-0.15, -0.1) is 0 Å². The zero-order chi connectivity index (χ0) is 26.6. The summed E-state index contributed by atoms with van der Waals surface area (Å²) in [6.07, 6.45) is 3.79. The number of rotatable bonds is 3. The van der Waals surface area contributed by atoms with Crippen LogP contribution < -0.4 is 5.32 Å². The number of likely N-dealkylation sites (tertiary alicyclic amines) is 1. The summed E-state index contributed by atoms with van der Waals surface area (Å²) in [5, 5.41) is 13.4. The van der Waals surface area contributed by atoms with E-state index in [1.165, 1.54) is 6.07 Å². The third-order valence-electron chi connectivity index (χ3n) is 7.26. The van der Waals surface area contributed by atoms with Gasteiger partial charge in [-0.2, -0.15) is 0 Å². The van der Waals surface area contributed by atoms with E-state index in [-0.39, 0.29) is 23.0 Å². The molecule has 1 saturated heterocycles. The van der Waals surface area contributed by atoms with Gasteiger partial charge in [0, 0.05) is 36.4 Å². The fraction of sp³-hybridized carbons (Fsp3) is 0.393. The van der Waals surface area contributed by atoms with Gasteiger partial charge in [-0.3, -0.25) is 4.79 Å². The van der Waals surface area contributed by atoms with Crippen LogP contribution in [0.1, 0.15) is 66.9 Å². The first-order valence-corrected chi connectivity index (χ1v) is 12.4. The molecule has 1 aliphatic rings. The minimum atomic E-state index is -0.893. The van der Waals surface area contributed by atoms with Crippen LogP contribution in [0.5, 0.6) is 0 Å². The molecule has 3 aromatic heterocycles. The van der Waals surface area contributed by atoms with Crippen LogP contribution in [0.2, 0.25) is 0 Å². The van der Waals surface area contributed by atoms with Crippen molar-refractivity contribution in [2.75, 3.05) is 11.9 Å². The Hall–Kier alpha value is -3.88. The minimum absolute atomic E-state index is 0.123. The first kappa shape index (κ1) is 24.8. The monoisotopic (exact) mass is 506 g/mol. The molecule has 194 valence electrons. The molecule has 8 nitrogen and oxygen atoms in total. The maximum Gasteiger partial charge on any atom is 0.407 e. The van der Waals surface area contributed by atoms with Crippen LogP contribution in [0.25, 0.3) is 16.6 Å². The summed E-state index contributed by atoms with van der Waals surface area (Å²) in [6, 6.07) is 6.72. The van der Waals surface area contributed by atoms with Gasteiger partial charge in [0.25, 0.3) is 5.91 Å². The van der Waals surface area contributed by atoms with Gasteiger partial charge in [0.05, 0.1) is 16.9 Å². The average Bonchev–Trinajstić information content (AvgIpc) is 3.39. The summed E-state index contributed by atoms with van der Waals surface area (Å²) < 4.78 is 22.1. The van der Waals surface area contributed by atoms with E-state index in [1.807, 2.05) is 19.1 Å². The maximum absolute atomic E-state index is 14.5. The number of pyridine rings is 1. The highest BCUT2D eigenvalue weighted by atomic mass is 19.1. The summed E-state index contributed by atoms with van der Waals surface area (Å²) in [7, 11) is 0. The van der Waals surface area contributed by atoms with E-state index in [0.717, 1.165) is 10.9 Å². The smallest absolute Gasteiger partial charge is 0.407 e. The second-order valence-electron chi connectivity index (χ2n) is 11.0. The van der Waals surface area contributed by atoms with Gasteiger partial charge in [-0.05, 0) is 55.7 Å². The number of carbonyl (C=O) groups is 2. The topological polar surface area (TPSA) is 100 Å². The standard InChI is InChI=1S/C28H31FN4O4/c1-15-13-32-14-18(12-22(29)25(32)30-15)31-26(34)20-7-6-19(21-10-16(2)37-24(20)21)17-8-9-33(27(35)36)23(11-17)28(3,4)5/h6-7,10,12-14,17,23H,8-9,11H2,1-5H3,(H,31,34)(H,35,36). The Bertz CT molecular complexity index is 1530. The van der Waals surface area contributed by atoms with Crippen LogP contribution >= 0.6 is 0 Å². The van der Waals surface area contributed by atoms with Gasteiger partial charge >= 0.3 is 6.09 Å². The lowest BCUT2D eigenvalue weighted by Crippen LogP contribution is -2.51. The van der Waals surface area contributed by atoms with Crippen LogP contribution in [0.3, 0.4) is 0 Å². The first-order chi connectivity index (χ1) is 17.4. The Morgan fingerprint density at radius 1 is 1.19 bits per heavy atom. The molecule has 1 aliphatic heterocycles. The molecular weight excluding hydrogens is 475 g/mol. The third kappa shape index (κ3) is 4.54. The molecule has 2 unspecified atom stereocenters. The van der Waals surface area contributed by atoms with Crippen LogP contribution in [0.15, 0.2) is 41.1 Å². The molecule has 4 aromatic rings. The molecular formula is C28H31FN4O4. The number of imidazole rings is 1. The summed E-state index contributed by atoms with van der Waals surface area (Å²) >= 11 is 0. The van der Waals surface area contributed by atoms with Gasteiger partial charge in [-0.1, -0.05) is 26.8 Å². The molecule has 4 heterocycles. The number of anilines is 1. The molecule has 0 spiro atoms. The van der Waals surface area contributed by atoms with Crippen molar-refractivity contribution in [3.63, 3.8) is 0 Å². The Kier molecular flexibility index (Phi) is 5.96. The van der Waals surface area contributed by atoms with Crippen LogP contribution in [-0.4, -0.2) is 44.0 Å². The predicted molar refractivity (Wildman–Crippen MR) is 139 cm³/mol. The highest BCUT2D eigenvalue weighted by Gasteiger charge is 2.39. The van der Waals surface area contributed by atoms with Crippen molar-refractivity contribution in [2.24, 2.45) is 5.41 Å². The van der Waals surface area contributed by atoms with Gasteiger partial charge in [-0.25, -0.2) is 14.2 Å². The predicted octanol–water partition coefficient (Wildman–Crippen LogP) is 6.36. The number of nitrogens with one attached hydrogen (secondary N) is 1. The molecule has 5 rings (SSSR count). The van der Waals surface area contributed by atoms with Crippen LogP contribution in [-0.2, 0) is 0 Å². The summed E-state index contributed by atoms with van der Waals surface area (Å²) in [6.45, 7) is 10.2. The molecule has 2 amide bonds. The molecule has 0 bridgehead atoms. The number of aromatic nitrogens is 2. The number of hydrogen-bond acceptors (Lipinski definition) is 4. The molecule has 0 radical (unpaired) electrons. The van der Waals surface area contributed by atoms with Crippen molar-refractivity contribution in [3.8, 4) is 0 Å². The van der Waals surface area contributed by atoms with Crippen molar-refractivity contribution < 1.29 is 23.5 Å². The second-order valence-corrected chi connectivity index (χ2v) is 11.0. The number of carbonyl (C=O) groups excluding carboxylic acids is 1. The van der Waals surface area contributed by atoms with Crippen molar-refractivity contribution >= 4 is 34.3 Å². The van der Waals surface area contributed by atoms with Gasteiger partial charge in [0.2, 0.25) is 0 Å². The molecule has 0 aliphatic carbocycles. The molecule has 0 saturated carbocycles. The van der Waals surface area contributed by atoms with E-state index in [2.05, 4.69) is 31.1 Å². The number of carboxylic acid groups (broad SMARTS) is 1. The second kappa shape index (κ2) is 8.90. The maximum atomic E-state index is 14.5. The average molecular weight is 507 g/mol. The lowest BCUT2D eigenvalue weighted by Gasteiger charge is -2.44. The van der Waals surface area contributed by atoms with Crippen molar-refractivity contribution in [3.05, 3.63) is 65.1 Å². The molecule has 37 heavy (non-hydrogen) atoms. The fourth-order valence-corrected chi connectivity index (χ4v) is 5.55. The normalized spacial score (nSPS) is 18.5. The third-order valence-corrected chi connectivity index (χ3v) is 7.26. The lowest BCUT2D eigenvalue weighted by atomic mass is 9.74. The largest absolute Gasteiger partial charge is 0.465 e. The Balaban J connectivity index is 1.47.